The number of nitrogens with one attached hydrogen (secondary N) is 1. The van der Waals surface area contributed by atoms with Crippen LogP contribution in [-0.4, -0.2) is 66.2 Å². The highest BCUT2D eigenvalue weighted by molar-refractivity contribution is 5.83. The largest absolute Gasteiger partial charge is 0.482 e. The Morgan fingerprint density at radius 1 is 1.20 bits per heavy atom. The van der Waals surface area contributed by atoms with Gasteiger partial charge < -0.3 is 24.6 Å². The molecule has 3 heterocycles. The van der Waals surface area contributed by atoms with Crippen LogP contribution in [0, 0.1) is 0 Å². The Balaban J connectivity index is 1.46. The molecule has 3 unspecified atom stereocenters. The highest BCUT2D eigenvalue weighted by Gasteiger charge is 2.40. The van der Waals surface area contributed by atoms with E-state index in [1.165, 1.54) is 0 Å². The standard InChI is InChI=1S/C18H23N3O4/c1-12-16(25-15-7-3-2-6-14(15)24-12)17(22)20-9-4-5-13(11-20)21-10-8-19-18(21)23/h2-3,6-7,12-13,16H,4-5,8-11H2,1H3,(H,19,23). The van der Waals surface area contributed by atoms with Gasteiger partial charge in [0.1, 0.15) is 6.10 Å². The zero-order valence-corrected chi connectivity index (χ0v) is 14.3. The van der Waals surface area contributed by atoms with Gasteiger partial charge in [0, 0.05) is 26.2 Å². The molecule has 3 amide bonds. The molecule has 0 saturated carbocycles. The molecule has 4 rings (SSSR count). The Labute approximate surface area is 146 Å². The zero-order valence-electron chi connectivity index (χ0n) is 14.3. The van der Waals surface area contributed by atoms with Crippen LogP contribution < -0.4 is 14.8 Å². The molecule has 0 bridgehead atoms. The molecule has 0 aromatic heterocycles. The lowest BCUT2D eigenvalue weighted by molar-refractivity contribution is -0.146. The van der Waals surface area contributed by atoms with Crippen molar-refractivity contribution in [2.45, 2.75) is 38.0 Å². The first kappa shape index (κ1) is 16.1. The Morgan fingerprint density at radius 3 is 2.68 bits per heavy atom. The van der Waals surface area contributed by atoms with Crippen LogP contribution in [0.3, 0.4) is 0 Å². The molecule has 2 fully saturated rings. The minimum absolute atomic E-state index is 0.0288. The SMILES string of the molecule is CC1Oc2ccccc2OC1C(=O)N1CCCC(N2CCNC2=O)C1. The van der Waals surface area contributed by atoms with Crippen LogP contribution in [-0.2, 0) is 4.79 Å². The number of hydrogen-bond acceptors (Lipinski definition) is 4. The van der Waals surface area contributed by atoms with E-state index < -0.39 is 6.10 Å². The number of piperidine rings is 1. The van der Waals surface area contributed by atoms with Gasteiger partial charge in [-0.2, -0.15) is 0 Å². The highest BCUT2D eigenvalue weighted by atomic mass is 16.6. The Kier molecular flexibility index (Phi) is 4.15. The maximum Gasteiger partial charge on any atom is 0.317 e. The number of para-hydroxylation sites is 2. The number of likely N-dealkylation sites (tertiary alicyclic amines) is 1. The summed E-state index contributed by atoms with van der Waals surface area (Å²) < 4.78 is 11.8. The van der Waals surface area contributed by atoms with Crippen LogP contribution in [0.25, 0.3) is 0 Å². The zero-order chi connectivity index (χ0) is 17.4. The van der Waals surface area contributed by atoms with E-state index in [-0.39, 0.29) is 24.1 Å². The molecule has 1 aromatic carbocycles. The fraction of sp³-hybridized carbons (Fsp3) is 0.556. The third-order valence-electron chi connectivity index (χ3n) is 5.12. The molecule has 3 atom stereocenters. The van der Waals surface area contributed by atoms with Crippen LogP contribution in [0.1, 0.15) is 19.8 Å². The summed E-state index contributed by atoms with van der Waals surface area (Å²) in [4.78, 5) is 28.6. The Morgan fingerprint density at radius 2 is 1.96 bits per heavy atom. The van der Waals surface area contributed by atoms with Crippen molar-refractivity contribution in [1.29, 1.82) is 0 Å². The van der Waals surface area contributed by atoms with Crippen molar-refractivity contribution >= 4 is 11.9 Å². The molecule has 0 radical (unpaired) electrons. The maximum atomic E-state index is 13.0. The van der Waals surface area contributed by atoms with E-state index in [4.69, 9.17) is 9.47 Å². The molecule has 2 saturated heterocycles. The molecule has 1 N–H and O–H groups in total. The minimum Gasteiger partial charge on any atom is -0.482 e. The average molecular weight is 345 g/mol. The van der Waals surface area contributed by atoms with E-state index in [1.54, 1.807) is 0 Å². The summed E-state index contributed by atoms with van der Waals surface area (Å²) in [5.74, 6) is 1.21. The van der Waals surface area contributed by atoms with Crippen molar-refractivity contribution in [2.75, 3.05) is 26.2 Å². The van der Waals surface area contributed by atoms with E-state index in [0.717, 1.165) is 12.8 Å². The second-order valence-electron chi connectivity index (χ2n) is 6.81. The summed E-state index contributed by atoms with van der Waals surface area (Å²) in [6.07, 6.45) is 0.815. The lowest BCUT2D eigenvalue weighted by Crippen LogP contribution is -2.56. The summed E-state index contributed by atoms with van der Waals surface area (Å²) in [7, 11) is 0. The summed E-state index contributed by atoms with van der Waals surface area (Å²) in [5.41, 5.74) is 0. The van der Waals surface area contributed by atoms with Crippen LogP contribution in [0.5, 0.6) is 11.5 Å². The van der Waals surface area contributed by atoms with Crippen molar-refractivity contribution in [2.24, 2.45) is 0 Å². The smallest absolute Gasteiger partial charge is 0.317 e. The number of rotatable bonds is 2. The number of amides is 3. The number of ether oxygens (including phenoxy) is 2. The normalized spacial score (nSPS) is 28.7. The van der Waals surface area contributed by atoms with Crippen molar-refractivity contribution in [1.82, 2.24) is 15.1 Å². The van der Waals surface area contributed by atoms with E-state index in [2.05, 4.69) is 5.32 Å². The van der Waals surface area contributed by atoms with Crippen molar-refractivity contribution in [3.05, 3.63) is 24.3 Å². The molecule has 0 spiro atoms. The van der Waals surface area contributed by atoms with Gasteiger partial charge in [0.2, 0.25) is 6.10 Å². The minimum atomic E-state index is -0.652. The topological polar surface area (TPSA) is 71.1 Å². The molecule has 0 aliphatic carbocycles. The van der Waals surface area contributed by atoms with Crippen LogP contribution in [0.4, 0.5) is 4.79 Å². The van der Waals surface area contributed by atoms with Crippen molar-refractivity contribution in [3.8, 4) is 11.5 Å². The first-order chi connectivity index (χ1) is 12.1. The molecule has 3 aliphatic rings. The summed E-state index contributed by atoms with van der Waals surface area (Å²) in [6, 6.07) is 7.45. The van der Waals surface area contributed by atoms with Gasteiger partial charge in [-0.15, -0.1) is 0 Å². The summed E-state index contributed by atoms with van der Waals surface area (Å²) in [5, 5.41) is 2.83. The predicted octanol–water partition coefficient (Wildman–Crippen LogP) is 1.23. The van der Waals surface area contributed by atoms with E-state index in [1.807, 2.05) is 41.0 Å². The van der Waals surface area contributed by atoms with Crippen molar-refractivity contribution < 1.29 is 19.1 Å². The van der Waals surface area contributed by atoms with Crippen LogP contribution >= 0.6 is 0 Å². The van der Waals surface area contributed by atoms with Gasteiger partial charge in [0.15, 0.2) is 11.5 Å². The molecule has 7 heteroatoms. The lowest BCUT2D eigenvalue weighted by Gasteiger charge is -2.40. The van der Waals surface area contributed by atoms with Crippen LogP contribution in [0.15, 0.2) is 24.3 Å². The number of nitrogens with zero attached hydrogens (tertiary/aromatic N) is 2. The molecule has 3 aliphatic heterocycles. The second kappa shape index (κ2) is 6.46. The Hall–Kier alpha value is -2.44. The van der Waals surface area contributed by atoms with Crippen molar-refractivity contribution in [3.63, 3.8) is 0 Å². The van der Waals surface area contributed by atoms with E-state index in [0.29, 0.717) is 37.7 Å². The summed E-state index contributed by atoms with van der Waals surface area (Å²) in [6.45, 7) is 4.49. The van der Waals surface area contributed by atoms with Gasteiger partial charge in [-0.1, -0.05) is 12.1 Å². The average Bonchev–Trinajstić information content (AvgIpc) is 3.06. The van der Waals surface area contributed by atoms with E-state index >= 15 is 0 Å². The summed E-state index contributed by atoms with van der Waals surface area (Å²) >= 11 is 0. The monoisotopic (exact) mass is 345 g/mol. The predicted molar refractivity (Wildman–Crippen MR) is 90.7 cm³/mol. The fourth-order valence-corrected chi connectivity index (χ4v) is 3.81. The third-order valence-corrected chi connectivity index (χ3v) is 5.12. The number of urea groups is 1. The number of fused-ring (bicyclic) bond motifs is 1. The first-order valence-corrected chi connectivity index (χ1v) is 8.89. The van der Waals surface area contributed by atoms with Gasteiger partial charge in [-0.05, 0) is 31.9 Å². The second-order valence-corrected chi connectivity index (χ2v) is 6.81. The molecular formula is C18H23N3O4. The molecule has 7 nitrogen and oxygen atoms in total. The number of carbonyl (C=O) groups excluding carboxylic acids is 2. The molecule has 1 aromatic rings. The molecule has 25 heavy (non-hydrogen) atoms. The van der Waals surface area contributed by atoms with Gasteiger partial charge >= 0.3 is 6.03 Å². The van der Waals surface area contributed by atoms with Gasteiger partial charge in [-0.25, -0.2) is 4.79 Å². The van der Waals surface area contributed by atoms with Gasteiger partial charge in [0.25, 0.3) is 5.91 Å². The number of benzene rings is 1. The highest BCUT2D eigenvalue weighted by Crippen LogP contribution is 2.34. The number of hydrogen-bond donors (Lipinski definition) is 1. The fourth-order valence-electron chi connectivity index (χ4n) is 3.81. The molecule has 134 valence electrons. The third kappa shape index (κ3) is 2.99. The van der Waals surface area contributed by atoms with E-state index in [9.17, 15) is 9.59 Å². The quantitative estimate of drug-likeness (QED) is 0.875. The first-order valence-electron chi connectivity index (χ1n) is 8.89. The maximum absolute atomic E-state index is 13.0. The van der Waals surface area contributed by atoms with Gasteiger partial charge in [-0.3, -0.25) is 4.79 Å². The van der Waals surface area contributed by atoms with Crippen LogP contribution in [0.2, 0.25) is 0 Å². The van der Waals surface area contributed by atoms with Gasteiger partial charge in [0.05, 0.1) is 6.04 Å². The molecular weight excluding hydrogens is 322 g/mol. The Bertz CT molecular complexity index is 680. The lowest BCUT2D eigenvalue weighted by atomic mass is 10.0. The number of carbonyl (C=O) groups is 2.